The number of aromatic nitrogens is 1. The Morgan fingerprint density at radius 3 is 2.65 bits per heavy atom. The van der Waals surface area contributed by atoms with Crippen LogP contribution in [0.3, 0.4) is 0 Å². The summed E-state index contributed by atoms with van der Waals surface area (Å²) in [7, 11) is 0. The molecule has 0 spiro atoms. The summed E-state index contributed by atoms with van der Waals surface area (Å²) in [5.41, 5.74) is 6.02. The lowest BCUT2D eigenvalue weighted by Crippen LogP contribution is -1.97. The standard InChI is InChI=1S/C20H21NO2/c1-4-15-10-16(7-9-20(15)23-5-2)18-11-17-8-6-14(3)12-21(17)19(18)13-22/h6-13H,4-5H2,1-3H3. The largest absolute Gasteiger partial charge is 0.494 e. The Balaban J connectivity index is 2.18. The topological polar surface area (TPSA) is 30.7 Å². The van der Waals surface area contributed by atoms with Crippen molar-refractivity contribution in [2.45, 2.75) is 27.2 Å². The van der Waals surface area contributed by atoms with Crippen molar-refractivity contribution in [1.29, 1.82) is 0 Å². The number of rotatable bonds is 5. The molecule has 0 radical (unpaired) electrons. The highest BCUT2D eigenvalue weighted by Gasteiger charge is 2.13. The van der Waals surface area contributed by atoms with Gasteiger partial charge in [-0.25, -0.2) is 0 Å². The molecule has 118 valence electrons. The summed E-state index contributed by atoms with van der Waals surface area (Å²) < 4.78 is 7.63. The summed E-state index contributed by atoms with van der Waals surface area (Å²) in [4.78, 5) is 11.7. The average molecular weight is 307 g/mol. The summed E-state index contributed by atoms with van der Waals surface area (Å²) in [6, 6.07) is 12.3. The molecule has 0 amide bonds. The molecule has 0 fully saturated rings. The van der Waals surface area contributed by atoms with Gasteiger partial charge in [0.2, 0.25) is 0 Å². The van der Waals surface area contributed by atoms with E-state index in [1.165, 1.54) is 0 Å². The fourth-order valence-corrected chi connectivity index (χ4v) is 2.97. The van der Waals surface area contributed by atoms with Crippen LogP contribution in [0, 0.1) is 6.92 Å². The van der Waals surface area contributed by atoms with Crippen molar-refractivity contribution in [2.24, 2.45) is 0 Å². The summed E-state index contributed by atoms with van der Waals surface area (Å²) in [5.74, 6) is 0.922. The molecule has 2 aromatic heterocycles. The molecule has 0 atom stereocenters. The second kappa shape index (κ2) is 6.29. The Hall–Kier alpha value is -2.55. The molecule has 0 saturated heterocycles. The summed E-state index contributed by atoms with van der Waals surface area (Å²) >= 11 is 0. The Labute approximate surface area is 136 Å². The van der Waals surface area contributed by atoms with Gasteiger partial charge >= 0.3 is 0 Å². The number of hydrogen-bond acceptors (Lipinski definition) is 2. The van der Waals surface area contributed by atoms with Crippen molar-refractivity contribution in [3.05, 3.63) is 59.4 Å². The number of pyridine rings is 1. The van der Waals surface area contributed by atoms with E-state index in [0.717, 1.165) is 46.2 Å². The number of nitrogens with zero attached hydrogens (tertiary/aromatic N) is 1. The molecule has 0 aliphatic carbocycles. The van der Waals surface area contributed by atoms with E-state index in [9.17, 15) is 4.79 Å². The van der Waals surface area contributed by atoms with Gasteiger partial charge in [0.25, 0.3) is 0 Å². The van der Waals surface area contributed by atoms with Gasteiger partial charge in [0, 0.05) is 17.3 Å². The van der Waals surface area contributed by atoms with E-state index in [1.807, 2.05) is 42.6 Å². The molecule has 3 nitrogen and oxygen atoms in total. The molecule has 0 N–H and O–H groups in total. The maximum absolute atomic E-state index is 11.7. The van der Waals surface area contributed by atoms with Gasteiger partial charge in [0.15, 0.2) is 6.29 Å². The SMILES string of the molecule is CCOc1ccc(-c2cc3ccc(C)cn3c2C=O)cc1CC. The zero-order valence-electron chi connectivity index (χ0n) is 13.8. The van der Waals surface area contributed by atoms with Crippen LogP contribution in [0.1, 0.15) is 35.5 Å². The molecule has 3 rings (SSSR count). The molecule has 0 bridgehead atoms. The van der Waals surface area contributed by atoms with Crippen molar-refractivity contribution < 1.29 is 9.53 Å². The number of ether oxygens (including phenoxy) is 1. The van der Waals surface area contributed by atoms with E-state index in [2.05, 4.69) is 25.1 Å². The summed E-state index contributed by atoms with van der Waals surface area (Å²) in [5, 5.41) is 0. The lowest BCUT2D eigenvalue weighted by molar-refractivity contribution is 0.111. The van der Waals surface area contributed by atoms with Crippen LogP contribution in [0.5, 0.6) is 5.75 Å². The second-order valence-electron chi connectivity index (χ2n) is 5.67. The minimum absolute atomic E-state index is 0.654. The predicted molar refractivity (Wildman–Crippen MR) is 93.5 cm³/mol. The molecular weight excluding hydrogens is 286 g/mol. The first-order valence-electron chi connectivity index (χ1n) is 8.01. The van der Waals surface area contributed by atoms with E-state index < -0.39 is 0 Å². The van der Waals surface area contributed by atoms with Crippen LogP contribution in [0.15, 0.2) is 42.6 Å². The number of carbonyl (C=O) groups is 1. The highest BCUT2D eigenvalue weighted by atomic mass is 16.5. The third-order valence-corrected chi connectivity index (χ3v) is 4.12. The molecule has 0 unspecified atom stereocenters. The first kappa shape index (κ1) is 15.3. The van der Waals surface area contributed by atoms with E-state index in [1.54, 1.807) is 0 Å². The van der Waals surface area contributed by atoms with Crippen LogP contribution in [0.25, 0.3) is 16.6 Å². The summed E-state index contributed by atoms with van der Waals surface area (Å²) in [6.07, 6.45) is 3.83. The zero-order valence-corrected chi connectivity index (χ0v) is 13.8. The average Bonchev–Trinajstić information content (AvgIpc) is 2.93. The number of aldehydes is 1. The molecule has 0 saturated carbocycles. The van der Waals surface area contributed by atoms with Gasteiger partial charge in [-0.05, 0) is 61.2 Å². The van der Waals surface area contributed by atoms with Gasteiger partial charge in [-0.3, -0.25) is 4.79 Å². The second-order valence-corrected chi connectivity index (χ2v) is 5.67. The van der Waals surface area contributed by atoms with E-state index >= 15 is 0 Å². The van der Waals surface area contributed by atoms with Gasteiger partial charge in [0.1, 0.15) is 5.75 Å². The minimum Gasteiger partial charge on any atom is -0.494 e. The van der Waals surface area contributed by atoms with Crippen molar-refractivity contribution in [1.82, 2.24) is 4.40 Å². The van der Waals surface area contributed by atoms with Crippen molar-refractivity contribution in [2.75, 3.05) is 6.61 Å². The molecule has 3 aromatic rings. The van der Waals surface area contributed by atoms with E-state index in [4.69, 9.17) is 4.74 Å². The quantitative estimate of drug-likeness (QED) is 0.640. The van der Waals surface area contributed by atoms with Gasteiger partial charge in [-0.2, -0.15) is 0 Å². The zero-order chi connectivity index (χ0) is 16.4. The van der Waals surface area contributed by atoms with Crippen LogP contribution in [-0.4, -0.2) is 17.3 Å². The predicted octanol–water partition coefficient (Wildman–Crippen LogP) is 4.69. The molecule has 23 heavy (non-hydrogen) atoms. The third-order valence-electron chi connectivity index (χ3n) is 4.12. The van der Waals surface area contributed by atoms with Crippen molar-refractivity contribution in [3.63, 3.8) is 0 Å². The molecule has 1 aromatic carbocycles. The lowest BCUT2D eigenvalue weighted by Gasteiger charge is -2.10. The maximum Gasteiger partial charge on any atom is 0.167 e. The minimum atomic E-state index is 0.654. The van der Waals surface area contributed by atoms with Crippen molar-refractivity contribution >= 4 is 11.8 Å². The Bertz CT molecular complexity index is 861. The fraction of sp³-hybridized carbons (Fsp3) is 0.250. The fourth-order valence-electron chi connectivity index (χ4n) is 2.97. The lowest BCUT2D eigenvalue weighted by atomic mass is 10.0. The molecule has 0 aliphatic heterocycles. The number of benzene rings is 1. The Morgan fingerprint density at radius 1 is 1.13 bits per heavy atom. The van der Waals surface area contributed by atoms with Crippen molar-refractivity contribution in [3.8, 4) is 16.9 Å². The Morgan fingerprint density at radius 2 is 1.96 bits per heavy atom. The third kappa shape index (κ3) is 2.74. The molecule has 2 heterocycles. The first-order chi connectivity index (χ1) is 11.2. The summed E-state index contributed by atoms with van der Waals surface area (Å²) in [6.45, 7) is 6.78. The molecular formula is C20H21NO2. The first-order valence-corrected chi connectivity index (χ1v) is 8.01. The van der Waals surface area contributed by atoms with Crippen LogP contribution in [0.4, 0.5) is 0 Å². The number of aryl methyl sites for hydroxylation is 2. The van der Waals surface area contributed by atoms with Crippen LogP contribution in [-0.2, 0) is 6.42 Å². The number of hydrogen-bond donors (Lipinski definition) is 0. The van der Waals surface area contributed by atoms with Crippen LogP contribution in [0.2, 0.25) is 0 Å². The van der Waals surface area contributed by atoms with Crippen LogP contribution >= 0.6 is 0 Å². The molecule has 3 heteroatoms. The number of carbonyl (C=O) groups excluding carboxylic acids is 1. The van der Waals surface area contributed by atoms with Gasteiger partial charge in [-0.1, -0.05) is 19.1 Å². The smallest absolute Gasteiger partial charge is 0.167 e. The van der Waals surface area contributed by atoms with E-state index in [0.29, 0.717) is 12.3 Å². The van der Waals surface area contributed by atoms with Gasteiger partial charge < -0.3 is 9.14 Å². The highest BCUT2D eigenvalue weighted by Crippen LogP contribution is 2.31. The van der Waals surface area contributed by atoms with Gasteiger partial charge in [-0.15, -0.1) is 0 Å². The highest BCUT2D eigenvalue weighted by molar-refractivity contribution is 5.90. The monoisotopic (exact) mass is 307 g/mol. The number of fused-ring (bicyclic) bond motifs is 1. The van der Waals surface area contributed by atoms with Crippen LogP contribution < -0.4 is 4.74 Å². The maximum atomic E-state index is 11.7. The normalized spacial score (nSPS) is 10.9. The van der Waals surface area contributed by atoms with E-state index in [-0.39, 0.29) is 0 Å². The molecule has 0 aliphatic rings. The van der Waals surface area contributed by atoms with Gasteiger partial charge in [0.05, 0.1) is 12.3 Å². The Kier molecular flexibility index (Phi) is 4.20.